The first-order valence-electron chi connectivity index (χ1n) is 8.08. The molecule has 0 atom stereocenters. The maximum Gasteiger partial charge on any atom is 0.359 e. The summed E-state index contributed by atoms with van der Waals surface area (Å²) in [5.41, 5.74) is 1.76. The molecule has 0 unspecified atom stereocenters. The Balaban J connectivity index is 1.65. The van der Waals surface area contributed by atoms with Gasteiger partial charge in [0.25, 0.3) is 5.91 Å². The van der Waals surface area contributed by atoms with Gasteiger partial charge in [-0.3, -0.25) is 9.89 Å². The van der Waals surface area contributed by atoms with Crippen molar-refractivity contribution in [2.24, 2.45) is 0 Å². The number of amides is 1. The molecule has 1 aliphatic rings. The van der Waals surface area contributed by atoms with Crippen LogP contribution in [0.15, 0.2) is 18.2 Å². The van der Waals surface area contributed by atoms with Crippen LogP contribution in [0.3, 0.4) is 0 Å². The van der Waals surface area contributed by atoms with Crippen LogP contribution < -0.4 is 4.74 Å². The van der Waals surface area contributed by atoms with Crippen molar-refractivity contribution in [2.75, 3.05) is 19.8 Å². The molecule has 1 aromatic heterocycles. The summed E-state index contributed by atoms with van der Waals surface area (Å²) in [6.45, 7) is 2.61. The third-order valence-corrected chi connectivity index (χ3v) is 4.53. The molecule has 0 radical (unpaired) electrons. The van der Waals surface area contributed by atoms with Crippen molar-refractivity contribution < 1.29 is 19.1 Å². The number of halogens is 2. The van der Waals surface area contributed by atoms with Crippen LogP contribution in [0.4, 0.5) is 0 Å². The number of fused-ring (bicyclic) bond motifs is 1. The minimum atomic E-state index is -0.497. The van der Waals surface area contributed by atoms with E-state index < -0.39 is 5.97 Å². The topological polar surface area (TPSA) is 84.5 Å². The molecule has 26 heavy (non-hydrogen) atoms. The summed E-state index contributed by atoms with van der Waals surface area (Å²) >= 11 is 11.9. The lowest BCUT2D eigenvalue weighted by Crippen LogP contribution is -2.39. The largest absolute Gasteiger partial charge is 0.482 e. The predicted octanol–water partition coefficient (Wildman–Crippen LogP) is 2.86. The van der Waals surface area contributed by atoms with Gasteiger partial charge in [-0.1, -0.05) is 23.2 Å². The highest BCUT2D eigenvalue weighted by atomic mass is 35.5. The molecular weight excluding hydrogens is 381 g/mol. The average molecular weight is 398 g/mol. The molecule has 1 aromatic carbocycles. The van der Waals surface area contributed by atoms with Crippen LogP contribution in [0.25, 0.3) is 0 Å². The Bertz CT molecular complexity index is 837. The second-order valence-corrected chi connectivity index (χ2v) is 6.52. The number of hydrogen-bond donors (Lipinski definition) is 1. The van der Waals surface area contributed by atoms with Crippen molar-refractivity contribution in [2.45, 2.75) is 19.9 Å². The number of H-pyrrole nitrogens is 1. The third-order valence-electron chi connectivity index (χ3n) is 4.00. The van der Waals surface area contributed by atoms with Gasteiger partial charge in [0.15, 0.2) is 12.3 Å². The molecule has 0 bridgehead atoms. The van der Waals surface area contributed by atoms with E-state index in [9.17, 15) is 9.59 Å². The number of esters is 1. The fourth-order valence-corrected chi connectivity index (χ4v) is 3.16. The normalized spacial score (nSPS) is 13.3. The molecule has 1 aliphatic heterocycles. The predicted molar refractivity (Wildman–Crippen MR) is 95.6 cm³/mol. The van der Waals surface area contributed by atoms with Crippen molar-refractivity contribution in [1.82, 2.24) is 15.1 Å². The van der Waals surface area contributed by atoms with Crippen LogP contribution in [0.5, 0.6) is 5.75 Å². The second kappa shape index (κ2) is 7.97. The van der Waals surface area contributed by atoms with E-state index in [-0.39, 0.29) is 31.4 Å². The highest BCUT2D eigenvalue weighted by molar-refractivity contribution is 6.35. The summed E-state index contributed by atoms with van der Waals surface area (Å²) in [5, 5.41) is 7.70. The number of ether oxygens (including phenoxy) is 2. The zero-order chi connectivity index (χ0) is 18.7. The van der Waals surface area contributed by atoms with E-state index >= 15 is 0 Å². The smallest absolute Gasteiger partial charge is 0.359 e. The molecule has 9 heteroatoms. The highest BCUT2D eigenvalue weighted by Crippen LogP contribution is 2.28. The van der Waals surface area contributed by atoms with Crippen molar-refractivity contribution >= 4 is 35.1 Å². The molecule has 0 aliphatic carbocycles. The molecule has 0 spiro atoms. The number of hydrogen-bond acceptors (Lipinski definition) is 5. The lowest BCUT2D eigenvalue weighted by Gasteiger charge is -2.27. The molecule has 138 valence electrons. The monoisotopic (exact) mass is 397 g/mol. The maximum atomic E-state index is 12.5. The molecule has 1 amide bonds. The summed E-state index contributed by atoms with van der Waals surface area (Å²) in [4.78, 5) is 26.1. The molecule has 2 heterocycles. The first kappa shape index (κ1) is 18.5. The number of rotatable bonds is 5. The van der Waals surface area contributed by atoms with Crippen LogP contribution >= 0.6 is 23.2 Å². The Morgan fingerprint density at radius 3 is 2.88 bits per heavy atom. The van der Waals surface area contributed by atoms with Crippen LogP contribution in [0.2, 0.25) is 10.0 Å². The van der Waals surface area contributed by atoms with Gasteiger partial charge in [-0.2, -0.15) is 5.10 Å². The average Bonchev–Trinajstić information content (AvgIpc) is 3.04. The number of nitrogens with one attached hydrogen (secondary N) is 1. The third kappa shape index (κ3) is 3.94. The molecule has 2 aromatic rings. The van der Waals surface area contributed by atoms with Gasteiger partial charge in [-0.05, 0) is 25.1 Å². The Morgan fingerprint density at radius 1 is 1.35 bits per heavy atom. The highest BCUT2D eigenvalue weighted by Gasteiger charge is 2.28. The molecular formula is C17H17Cl2N3O4. The van der Waals surface area contributed by atoms with Crippen molar-refractivity contribution in [3.63, 3.8) is 0 Å². The first-order valence-corrected chi connectivity index (χ1v) is 8.84. The van der Waals surface area contributed by atoms with Crippen molar-refractivity contribution in [1.29, 1.82) is 0 Å². The number of carbonyl (C=O) groups is 2. The van der Waals surface area contributed by atoms with Crippen molar-refractivity contribution in [3.05, 3.63) is 45.2 Å². The summed E-state index contributed by atoms with van der Waals surface area (Å²) < 4.78 is 10.5. The SMILES string of the molecule is CCOC(=O)c1n[nH]c2c1CN(C(=O)COc1ccc(Cl)cc1Cl)CC2. The van der Waals surface area contributed by atoms with E-state index in [1.54, 1.807) is 30.0 Å². The van der Waals surface area contributed by atoms with Crippen LogP contribution in [-0.4, -0.2) is 46.7 Å². The zero-order valence-corrected chi connectivity index (χ0v) is 15.6. The van der Waals surface area contributed by atoms with E-state index in [0.717, 1.165) is 5.69 Å². The number of aromatic nitrogens is 2. The van der Waals surface area contributed by atoms with Gasteiger partial charge in [-0.25, -0.2) is 4.79 Å². The van der Waals surface area contributed by atoms with Gasteiger partial charge in [0, 0.05) is 29.2 Å². The maximum absolute atomic E-state index is 12.5. The summed E-state index contributed by atoms with van der Waals surface area (Å²) in [6, 6.07) is 4.80. The number of aromatic amines is 1. The lowest BCUT2D eigenvalue weighted by molar-refractivity contribution is -0.134. The second-order valence-electron chi connectivity index (χ2n) is 5.68. The molecule has 0 saturated heterocycles. The van der Waals surface area contributed by atoms with Crippen LogP contribution in [0, 0.1) is 0 Å². The van der Waals surface area contributed by atoms with E-state index in [2.05, 4.69) is 10.2 Å². The van der Waals surface area contributed by atoms with Gasteiger partial charge in [0.2, 0.25) is 0 Å². The van der Waals surface area contributed by atoms with E-state index in [1.807, 2.05) is 0 Å². The number of benzene rings is 1. The fourth-order valence-electron chi connectivity index (χ4n) is 2.70. The van der Waals surface area contributed by atoms with E-state index in [4.69, 9.17) is 32.7 Å². The Labute approximate surface area is 160 Å². The van der Waals surface area contributed by atoms with Gasteiger partial charge >= 0.3 is 5.97 Å². The molecule has 3 rings (SSSR count). The van der Waals surface area contributed by atoms with E-state index in [1.165, 1.54) is 0 Å². The summed E-state index contributed by atoms with van der Waals surface area (Å²) in [7, 11) is 0. The van der Waals surface area contributed by atoms with E-state index in [0.29, 0.717) is 34.3 Å². The van der Waals surface area contributed by atoms with Gasteiger partial charge in [-0.15, -0.1) is 0 Å². The number of carbonyl (C=O) groups excluding carboxylic acids is 2. The molecule has 0 saturated carbocycles. The lowest BCUT2D eigenvalue weighted by atomic mass is 10.1. The number of nitrogens with zero attached hydrogens (tertiary/aromatic N) is 2. The summed E-state index contributed by atoms with van der Waals surface area (Å²) in [6.07, 6.45) is 0.579. The van der Waals surface area contributed by atoms with Gasteiger partial charge < -0.3 is 14.4 Å². The fraction of sp³-hybridized carbons (Fsp3) is 0.353. The standard InChI is InChI=1S/C17H17Cl2N3O4/c1-2-25-17(24)16-11-8-22(6-5-13(11)20-21-16)15(23)9-26-14-4-3-10(18)7-12(14)19/h3-4,7H,2,5-6,8-9H2,1H3,(H,20,21). The molecule has 0 fully saturated rings. The van der Waals surface area contributed by atoms with Crippen LogP contribution in [0.1, 0.15) is 28.7 Å². The minimum absolute atomic E-state index is 0.163. The van der Waals surface area contributed by atoms with Crippen molar-refractivity contribution in [3.8, 4) is 5.75 Å². The first-order chi connectivity index (χ1) is 12.5. The van der Waals surface area contributed by atoms with Crippen LogP contribution in [-0.2, 0) is 22.5 Å². The quantitative estimate of drug-likeness (QED) is 0.783. The summed E-state index contributed by atoms with van der Waals surface area (Å²) in [5.74, 6) is -0.321. The molecule has 7 nitrogen and oxygen atoms in total. The Kier molecular flexibility index (Phi) is 5.68. The Morgan fingerprint density at radius 2 is 2.15 bits per heavy atom. The Hall–Kier alpha value is -2.25. The van der Waals surface area contributed by atoms with Gasteiger partial charge in [0.05, 0.1) is 18.2 Å². The zero-order valence-electron chi connectivity index (χ0n) is 14.1. The minimum Gasteiger partial charge on any atom is -0.482 e. The van der Waals surface area contributed by atoms with Gasteiger partial charge in [0.1, 0.15) is 5.75 Å². The molecule has 1 N–H and O–H groups in total.